The zero-order valence-corrected chi connectivity index (χ0v) is 15.7. The Bertz CT molecular complexity index is 852. The molecule has 1 fully saturated rings. The smallest absolute Gasteiger partial charge is 0.261 e. The van der Waals surface area contributed by atoms with E-state index in [2.05, 4.69) is 34.3 Å². The standard InChI is InChI=1S/C19H23N5O.ClH/c1-2-16-15(12-21-24(16)13-14-8-4-3-5-9-14)17-22-18(23-25-17)19(20)10-6-7-11-19;/h3-5,8-9,12H,2,6-7,10-11,13,20H2,1H3;1H. The van der Waals surface area contributed by atoms with Gasteiger partial charge in [-0.2, -0.15) is 10.1 Å². The van der Waals surface area contributed by atoms with Crippen LogP contribution in [0.4, 0.5) is 0 Å². The Hall–Kier alpha value is -2.18. The third kappa shape index (κ3) is 3.39. The lowest BCUT2D eigenvalue weighted by atomic mass is 9.99. The molecule has 4 rings (SSSR count). The summed E-state index contributed by atoms with van der Waals surface area (Å²) < 4.78 is 7.54. The van der Waals surface area contributed by atoms with Crippen LogP contribution < -0.4 is 5.73 Å². The maximum atomic E-state index is 6.44. The van der Waals surface area contributed by atoms with E-state index in [0.717, 1.165) is 49.9 Å². The molecule has 0 unspecified atom stereocenters. The van der Waals surface area contributed by atoms with Crippen LogP contribution in [0, 0.1) is 0 Å². The van der Waals surface area contributed by atoms with Crippen LogP contribution in [0.15, 0.2) is 41.1 Å². The Morgan fingerprint density at radius 2 is 1.92 bits per heavy atom. The number of nitrogens with two attached hydrogens (primary N) is 1. The average molecular weight is 374 g/mol. The summed E-state index contributed by atoms with van der Waals surface area (Å²) in [7, 11) is 0. The van der Waals surface area contributed by atoms with Gasteiger partial charge in [-0.3, -0.25) is 4.68 Å². The van der Waals surface area contributed by atoms with E-state index in [1.807, 2.05) is 29.1 Å². The molecule has 2 aromatic heterocycles. The van der Waals surface area contributed by atoms with Crippen LogP contribution in [0.1, 0.15) is 49.7 Å². The molecule has 3 aromatic rings. The molecule has 7 heteroatoms. The predicted molar refractivity (Wildman–Crippen MR) is 102 cm³/mol. The van der Waals surface area contributed by atoms with Crippen LogP contribution in [-0.2, 0) is 18.5 Å². The van der Waals surface area contributed by atoms with Crippen molar-refractivity contribution in [3.63, 3.8) is 0 Å². The highest BCUT2D eigenvalue weighted by molar-refractivity contribution is 5.85. The minimum Gasteiger partial charge on any atom is -0.334 e. The van der Waals surface area contributed by atoms with Gasteiger partial charge in [-0.15, -0.1) is 12.4 Å². The molecular weight excluding hydrogens is 350 g/mol. The number of hydrogen-bond acceptors (Lipinski definition) is 5. The van der Waals surface area contributed by atoms with Crippen LogP contribution in [-0.4, -0.2) is 19.9 Å². The zero-order valence-electron chi connectivity index (χ0n) is 14.9. The first-order valence-electron chi connectivity index (χ1n) is 8.91. The molecule has 0 saturated heterocycles. The van der Waals surface area contributed by atoms with Gasteiger partial charge in [0.25, 0.3) is 5.89 Å². The summed E-state index contributed by atoms with van der Waals surface area (Å²) in [6, 6.07) is 10.3. The Balaban J connectivity index is 0.00000196. The van der Waals surface area contributed by atoms with E-state index in [9.17, 15) is 0 Å². The molecule has 0 atom stereocenters. The van der Waals surface area contributed by atoms with E-state index < -0.39 is 5.54 Å². The summed E-state index contributed by atoms with van der Waals surface area (Å²) in [5.41, 5.74) is 9.22. The van der Waals surface area contributed by atoms with Crippen molar-refractivity contribution >= 4 is 12.4 Å². The minimum absolute atomic E-state index is 0. The molecule has 1 aliphatic rings. The highest BCUT2D eigenvalue weighted by atomic mass is 35.5. The Labute approximate surface area is 159 Å². The number of hydrogen-bond donors (Lipinski definition) is 1. The predicted octanol–water partition coefficient (Wildman–Crippen LogP) is 3.69. The highest BCUT2D eigenvalue weighted by Gasteiger charge is 2.36. The van der Waals surface area contributed by atoms with Crippen LogP contribution in [0.2, 0.25) is 0 Å². The number of nitrogens with zero attached hydrogens (tertiary/aromatic N) is 4. The molecule has 1 aromatic carbocycles. The summed E-state index contributed by atoms with van der Waals surface area (Å²) in [4.78, 5) is 4.61. The van der Waals surface area contributed by atoms with Crippen molar-refractivity contribution in [2.75, 3.05) is 0 Å². The van der Waals surface area contributed by atoms with Gasteiger partial charge >= 0.3 is 0 Å². The van der Waals surface area contributed by atoms with E-state index in [1.54, 1.807) is 0 Å². The van der Waals surface area contributed by atoms with Crippen LogP contribution >= 0.6 is 12.4 Å². The maximum Gasteiger partial charge on any atom is 0.261 e. The van der Waals surface area contributed by atoms with Crippen LogP contribution in [0.5, 0.6) is 0 Å². The molecule has 1 aliphatic carbocycles. The Morgan fingerprint density at radius 3 is 2.62 bits per heavy atom. The second-order valence-electron chi connectivity index (χ2n) is 6.79. The quantitative estimate of drug-likeness (QED) is 0.737. The third-order valence-corrected chi connectivity index (χ3v) is 5.06. The zero-order chi connectivity index (χ0) is 17.3. The van der Waals surface area contributed by atoms with Gasteiger partial charge in [0.15, 0.2) is 5.82 Å². The van der Waals surface area contributed by atoms with Gasteiger partial charge in [0.2, 0.25) is 0 Å². The minimum atomic E-state index is -0.436. The number of aromatic nitrogens is 4. The number of rotatable bonds is 5. The lowest BCUT2D eigenvalue weighted by Crippen LogP contribution is -2.34. The van der Waals surface area contributed by atoms with Crippen LogP contribution in [0.3, 0.4) is 0 Å². The molecule has 0 bridgehead atoms. The fraction of sp³-hybridized carbons (Fsp3) is 0.421. The average Bonchev–Trinajstić information content (AvgIpc) is 3.35. The number of benzene rings is 1. The molecule has 26 heavy (non-hydrogen) atoms. The van der Waals surface area contributed by atoms with E-state index in [1.165, 1.54) is 5.56 Å². The highest BCUT2D eigenvalue weighted by Crippen LogP contribution is 2.35. The normalized spacial score (nSPS) is 15.8. The van der Waals surface area contributed by atoms with Gasteiger partial charge in [-0.1, -0.05) is 55.3 Å². The van der Waals surface area contributed by atoms with E-state index in [-0.39, 0.29) is 12.4 Å². The maximum absolute atomic E-state index is 6.44. The monoisotopic (exact) mass is 373 g/mol. The first-order valence-corrected chi connectivity index (χ1v) is 8.91. The van der Waals surface area contributed by atoms with Crippen molar-refractivity contribution in [1.82, 2.24) is 19.9 Å². The second kappa shape index (κ2) is 7.60. The first kappa shape index (κ1) is 18.6. The van der Waals surface area contributed by atoms with E-state index in [0.29, 0.717) is 11.7 Å². The summed E-state index contributed by atoms with van der Waals surface area (Å²) in [5, 5.41) is 8.71. The summed E-state index contributed by atoms with van der Waals surface area (Å²) in [5.74, 6) is 1.14. The fourth-order valence-corrected chi connectivity index (χ4v) is 3.62. The summed E-state index contributed by atoms with van der Waals surface area (Å²) in [6.45, 7) is 2.84. The molecule has 2 N–H and O–H groups in total. The van der Waals surface area contributed by atoms with Gasteiger partial charge in [-0.05, 0) is 24.8 Å². The van der Waals surface area contributed by atoms with Gasteiger partial charge < -0.3 is 10.3 Å². The second-order valence-corrected chi connectivity index (χ2v) is 6.79. The lowest BCUT2D eigenvalue weighted by molar-refractivity contribution is 0.372. The molecule has 6 nitrogen and oxygen atoms in total. The first-order chi connectivity index (χ1) is 12.2. The van der Waals surface area contributed by atoms with Gasteiger partial charge in [0.1, 0.15) is 0 Å². The third-order valence-electron chi connectivity index (χ3n) is 5.06. The van der Waals surface area contributed by atoms with Gasteiger partial charge in [-0.25, -0.2) is 0 Å². The SMILES string of the molecule is CCc1c(-c2nc(C3(N)CCCC3)no2)cnn1Cc1ccccc1.Cl. The van der Waals surface area contributed by atoms with Crippen molar-refractivity contribution in [3.05, 3.63) is 53.6 Å². The molecule has 0 radical (unpaired) electrons. The van der Waals surface area contributed by atoms with E-state index >= 15 is 0 Å². The summed E-state index contributed by atoms with van der Waals surface area (Å²) in [6.07, 6.45) is 6.73. The molecule has 0 spiro atoms. The molecule has 0 amide bonds. The van der Waals surface area contributed by atoms with E-state index in [4.69, 9.17) is 10.3 Å². The molecule has 2 heterocycles. The van der Waals surface area contributed by atoms with Crippen molar-refractivity contribution < 1.29 is 4.52 Å². The topological polar surface area (TPSA) is 82.8 Å². The lowest BCUT2D eigenvalue weighted by Gasteiger charge is -2.17. The number of halogens is 1. The largest absolute Gasteiger partial charge is 0.334 e. The Morgan fingerprint density at radius 1 is 1.19 bits per heavy atom. The van der Waals surface area contributed by atoms with Crippen molar-refractivity contribution in [2.24, 2.45) is 5.73 Å². The fourth-order valence-electron chi connectivity index (χ4n) is 3.62. The van der Waals surface area contributed by atoms with Crippen LogP contribution in [0.25, 0.3) is 11.5 Å². The van der Waals surface area contributed by atoms with Crippen molar-refractivity contribution in [3.8, 4) is 11.5 Å². The van der Waals surface area contributed by atoms with Crippen molar-refractivity contribution in [2.45, 2.75) is 51.1 Å². The van der Waals surface area contributed by atoms with Gasteiger partial charge in [0.05, 0.1) is 29.5 Å². The molecule has 138 valence electrons. The summed E-state index contributed by atoms with van der Waals surface area (Å²) >= 11 is 0. The molecular formula is C19H24ClN5O. The Kier molecular flexibility index (Phi) is 5.44. The molecule has 0 aliphatic heterocycles. The van der Waals surface area contributed by atoms with Crippen molar-refractivity contribution in [1.29, 1.82) is 0 Å². The van der Waals surface area contributed by atoms with Gasteiger partial charge in [0, 0.05) is 0 Å². The molecule has 1 saturated carbocycles.